The van der Waals surface area contributed by atoms with Gasteiger partial charge >= 0.3 is 0 Å². The molecule has 2 atom stereocenters. The summed E-state index contributed by atoms with van der Waals surface area (Å²) >= 11 is 6.19. The Bertz CT molecular complexity index is 718. The molecule has 0 unspecified atom stereocenters. The largest absolute Gasteiger partial charge is 0.368 e. The number of amides is 1. The minimum Gasteiger partial charge on any atom is -0.368 e. The summed E-state index contributed by atoms with van der Waals surface area (Å²) in [5.41, 5.74) is 5.50. The van der Waals surface area contributed by atoms with Crippen molar-refractivity contribution in [2.75, 3.05) is 11.9 Å². The van der Waals surface area contributed by atoms with E-state index < -0.39 is 5.91 Å². The molecule has 23 heavy (non-hydrogen) atoms. The topological polar surface area (TPSA) is 95.1 Å². The number of halogens is 1. The predicted molar refractivity (Wildman–Crippen MR) is 86.4 cm³/mol. The number of carbonyl (C=O) groups excluding carboxylic acids is 1. The van der Waals surface area contributed by atoms with Gasteiger partial charge in [0.15, 0.2) is 0 Å². The van der Waals surface area contributed by atoms with E-state index in [0.29, 0.717) is 17.4 Å². The van der Waals surface area contributed by atoms with E-state index in [4.69, 9.17) is 22.1 Å². The molecule has 2 aromatic rings. The van der Waals surface area contributed by atoms with Crippen LogP contribution in [0.1, 0.15) is 35.6 Å². The molecule has 0 radical (unpaired) electrons. The van der Waals surface area contributed by atoms with Crippen LogP contribution in [0.2, 0.25) is 5.02 Å². The quantitative estimate of drug-likeness (QED) is 0.871. The summed E-state index contributed by atoms with van der Waals surface area (Å²) in [7, 11) is 0. The van der Waals surface area contributed by atoms with Gasteiger partial charge in [0, 0.05) is 31.7 Å². The second-order valence-corrected chi connectivity index (χ2v) is 5.73. The first-order valence-electron chi connectivity index (χ1n) is 7.44. The molecule has 0 aromatic carbocycles. The van der Waals surface area contributed by atoms with Crippen LogP contribution in [0.3, 0.4) is 0 Å². The SMILES string of the molecule is CCn1ccnc1[C@H]1OCC[C@@H]1Nc1ncc(C(N)=O)cc1Cl. The standard InChI is InChI=1S/C15H18ClN5O2/c1-2-21-5-4-18-15(21)12-11(3-6-23-12)20-14-10(16)7-9(8-19-14)13(17)22/h4-5,7-8,11-12H,2-3,6H2,1H3,(H2,17,22)(H,19,20)/t11-,12-/m0/s1. The van der Waals surface area contributed by atoms with E-state index >= 15 is 0 Å². The van der Waals surface area contributed by atoms with E-state index in [1.165, 1.54) is 12.3 Å². The van der Waals surface area contributed by atoms with Gasteiger partial charge in [-0.2, -0.15) is 0 Å². The summed E-state index contributed by atoms with van der Waals surface area (Å²) in [5, 5.41) is 3.64. The van der Waals surface area contributed by atoms with Gasteiger partial charge in [-0.1, -0.05) is 11.6 Å². The second kappa shape index (κ2) is 6.55. The van der Waals surface area contributed by atoms with Crippen molar-refractivity contribution in [2.45, 2.75) is 32.0 Å². The maximum atomic E-state index is 11.2. The summed E-state index contributed by atoms with van der Waals surface area (Å²) in [6, 6.07) is 1.52. The Morgan fingerprint density at radius 3 is 3.09 bits per heavy atom. The molecular formula is C15H18ClN5O2. The van der Waals surface area contributed by atoms with Gasteiger partial charge in [0.1, 0.15) is 17.7 Å². The normalized spacial score (nSPS) is 20.6. The molecule has 0 spiro atoms. The van der Waals surface area contributed by atoms with E-state index in [-0.39, 0.29) is 17.7 Å². The number of imidazole rings is 1. The number of hydrogen-bond acceptors (Lipinski definition) is 5. The number of ether oxygens (including phenoxy) is 1. The minimum atomic E-state index is -0.557. The molecule has 7 nitrogen and oxygen atoms in total. The Labute approximate surface area is 138 Å². The van der Waals surface area contributed by atoms with Gasteiger partial charge in [-0.15, -0.1) is 0 Å². The average molecular weight is 336 g/mol. The summed E-state index contributed by atoms with van der Waals surface area (Å²) in [6.07, 6.45) is 5.76. The fourth-order valence-electron chi connectivity index (χ4n) is 2.69. The molecule has 122 valence electrons. The lowest BCUT2D eigenvalue weighted by Gasteiger charge is -2.21. The first kappa shape index (κ1) is 15.8. The van der Waals surface area contributed by atoms with Gasteiger partial charge in [0.25, 0.3) is 0 Å². The molecule has 1 saturated heterocycles. The molecule has 1 aliphatic rings. The second-order valence-electron chi connectivity index (χ2n) is 5.32. The number of pyridine rings is 1. The van der Waals surface area contributed by atoms with Crippen molar-refractivity contribution in [1.29, 1.82) is 0 Å². The van der Waals surface area contributed by atoms with Crippen LogP contribution in [0.15, 0.2) is 24.7 Å². The monoisotopic (exact) mass is 335 g/mol. The van der Waals surface area contributed by atoms with Crippen LogP contribution in [0.25, 0.3) is 0 Å². The van der Waals surface area contributed by atoms with Crippen molar-refractivity contribution in [3.63, 3.8) is 0 Å². The molecule has 3 rings (SSSR count). The van der Waals surface area contributed by atoms with Crippen molar-refractivity contribution < 1.29 is 9.53 Å². The number of nitrogens with one attached hydrogen (secondary N) is 1. The van der Waals surface area contributed by atoms with Crippen molar-refractivity contribution >= 4 is 23.3 Å². The van der Waals surface area contributed by atoms with Gasteiger partial charge in [-0.3, -0.25) is 4.79 Å². The van der Waals surface area contributed by atoms with Gasteiger partial charge in [-0.05, 0) is 19.4 Å². The fraction of sp³-hybridized carbons (Fsp3) is 0.400. The number of hydrogen-bond donors (Lipinski definition) is 2. The number of primary amides is 1. The molecule has 1 fully saturated rings. The van der Waals surface area contributed by atoms with Crippen molar-refractivity contribution in [3.8, 4) is 0 Å². The lowest BCUT2D eigenvalue weighted by molar-refractivity contribution is 0.0975. The lowest BCUT2D eigenvalue weighted by Crippen LogP contribution is -2.26. The third kappa shape index (κ3) is 3.16. The number of anilines is 1. The van der Waals surface area contributed by atoms with Crippen LogP contribution in [-0.2, 0) is 11.3 Å². The van der Waals surface area contributed by atoms with Crippen LogP contribution in [0.4, 0.5) is 5.82 Å². The van der Waals surface area contributed by atoms with Crippen molar-refractivity contribution in [2.24, 2.45) is 5.73 Å². The Morgan fingerprint density at radius 1 is 1.57 bits per heavy atom. The molecule has 0 bridgehead atoms. The Balaban J connectivity index is 1.80. The first-order chi connectivity index (χ1) is 11.1. The molecule has 3 heterocycles. The number of rotatable bonds is 5. The molecule has 3 N–H and O–H groups in total. The summed E-state index contributed by atoms with van der Waals surface area (Å²) in [5.74, 6) is 0.831. The molecular weight excluding hydrogens is 318 g/mol. The van der Waals surface area contributed by atoms with E-state index in [0.717, 1.165) is 18.8 Å². The van der Waals surface area contributed by atoms with E-state index in [2.05, 4.69) is 26.8 Å². The lowest BCUT2D eigenvalue weighted by atomic mass is 10.1. The maximum absolute atomic E-state index is 11.2. The van der Waals surface area contributed by atoms with Gasteiger partial charge in [0.2, 0.25) is 5.91 Å². The van der Waals surface area contributed by atoms with E-state index in [1.807, 2.05) is 6.20 Å². The Hall–Kier alpha value is -2.12. The predicted octanol–water partition coefficient (Wildman–Crippen LogP) is 1.99. The highest BCUT2D eigenvalue weighted by molar-refractivity contribution is 6.33. The first-order valence-corrected chi connectivity index (χ1v) is 7.82. The Kier molecular flexibility index (Phi) is 4.49. The van der Waals surface area contributed by atoms with Gasteiger partial charge in [-0.25, -0.2) is 9.97 Å². The number of aryl methyl sites for hydroxylation is 1. The van der Waals surface area contributed by atoms with Gasteiger partial charge in [0.05, 0.1) is 16.6 Å². The summed E-state index contributed by atoms with van der Waals surface area (Å²) in [6.45, 7) is 3.52. The zero-order chi connectivity index (χ0) is 16.4. The zero-order valence-corrected chi connectivity index (χ0v) is 13.5. The number of nitrogens with two attached hydrogens (primary N) is 1. The van der Waals surface area contributed by atoms with Crippen LogP contribution in [-0.4, -0.2) is 33.1 Å². The van der Waals surface area contributed by atoms with Crippen LogP contribution in [0, 0.1) is 0 Å². The molecule has 0 aliphatic carbocycles. The number of aromatic nitrogens is 3. The van der Waals surface area contributed by atoms with E-state index in [1.54, 1.807) is 6.20 Å². The minimum absolute atomic E-state index is 0.00660. The van der Waals surface area contributed by atoms with Gasteiger partial charge < -0.3 is 20.4 Å². The smallest absolute Gasteiger partial charge is 0.250 e. The molecule has 1 amide bonds. The highest BCUT2D eigenvalue weighted by Gasteiger charge is 2.33. The highest BCUT2D eigenvalue weighted by atomic mass is 35.5. The van der Waals surface area contributed by atoms with E-state index in [9.17, 15) is 4.79 Å². The zero-order valence-electron chi connectivity index (χ0n) is 12.7. The highest BCUT2D eigenvalue weighted by Crippen LogP contribution is 2.32. The third-order valence-electron chi connectivity index (χ3n) is 3.88. The molecule has 0 saturated carbocycles. The summed E-state index contributed by atoms with van der Waals surface area (Å²) < 4.78 is 7.89. The molecule has 8 heteroatoms. The fourth-order valence-corrected chi connectivity index (χ4v) is 2.91. The molecule has 2 aromatic heterocycles. The molecule has 1 aliphatic heterocycles. The van der Waals surface area contributed by atoms with Crippen LogP contribution < -0.4 is 11.1 Å². The summed E-state index contributed by atoms with van der Waals surface area (Å²) in [4.78, 5) is 19.8. The number of carbonyl (C=O) groups is 1. The third-order valence-corrected chi connectivity index (χ3v) is 4.17. The van der Waals surface area contributed by atoms with Crippen molar-refractivity contribution in [1.82, 2.24) is 14.5 Å². The average Bonchev–Trinajstić information content (AvgIpc) is 3.17. The van der Waals surface area contributed by atoms with Crippen LogP contribution in [0.5, 0.6) is 0 Å². The van der Waals surface area contributed by atoms with Crippen LogP contribution >= 0.6 is 11.6 Å². The Morgan fingerprint density at radius 2 is 2.39 bits per heavy atom. The maximum Gasteiger partial charge on any atom is 0.250 e. The van der Waals surface area contributed by atoms with Crippen molar-refractivity contribution in [3.05, 3.63) is 41.1 Å². The number of nitrogens with zero attached hydrogens (tertiary/aromatic N) is 3.